The van der Waals surface area contributed by atoms with E-state index < -0.39 is 38.3 Å². The second kappa shape index (κ2) is 8.68. The zero-order valence-electron chi connectivity index (χ0n) is 15.0. The fraction of sp³-hybridized carbons (Fsp3) is 0.211. The first-order valence-corrected chi connectivity index (χ1v) is 10.8. The summed E-state index contributed by atoms with van der Waals surface area (Å²) in [6.45, 7) is 0.103. The van der Waals surface area contributed by atoms with Crippen LogP contribution in [0.15, 0.2) is 51.8 Å². The van der Waals surface area contributed by atoms with Gasteiger partial charge in [0.1, 0.15) is 22.3 Å². The molecule has 154 valence electrons. The van der Waals surface area contributed by atoms with Crippen molar-refractivity contribution < 1.29 is 26.4 Å². The van der Waals surface area contributed by atoms with Gasteiger partial charge in [-0.2, -0.15) is 4.31 Å². The van der Waals surface area contributed by atoms with Crippen molar-refractivity contribution in [1.82, 2.24) is 9.21 Å². The monoisotopic (exact) mass is 488 g/mol. The van der Waals surface area contributed by atoms with Gasteiger partial charge in [-0.1, -0.05) is 15.9 Å². The van der Waals surface area contributed by atoms with E-state index in [9.17, 15) is 26.4 Å². The molecule has 1 fully saturated rings. The molecule has 1 aliphatic rings. The molecule has 1 heterocycles. The van der Waals surface area contributed by atoms with Gasteiger partial charge >= 0.3 is 0 Å². The molecule has 2 aromatic carbocycles. The van der Waals surface area contributed by atoms with E-state index >= 15 is 0 Å². The molecular formula is C19H16BrF3N2O3S. The molecular weight excluding hydrogens is 473 g/mol. The van der Waals surface area contributed by atoms with Gasteiger partial charge in [-0.05, 0) is 36.4 Å². The number of carbonyl (C=O) groups is 1. The predicted molar refractivity (Wildman–Crippen MR) is 105 cm³/mol. The van der Waals surface area contributed by atoms with Crippen LogP contribution in [0.1, 0.15) is 5.56 Å². The van der Waals surface area contributed by atoms with Gasteiger partial charge in [-0.25, -0.2) is 21.6 Å². The van der Waals surface area contributed by atoms with E-state index in [1.807, 2.05) is 0 Å². The fourth-order valence-corrected chi connectivity index (χ4v) is 4.73. The van der Waals surface area contributed by atoms with Gasteiger partial charge in [-0.15, -0.1) is 0 Å². The van der Waals surface area contributed by atoms with Gasteiger partial charge in [0.25, 0.3) is 0 Å². The highest BCUT2D eigenvalue weighted by Crippen LogP contribution is 2.22. The van der Waals surface area contributed by atoms with Crippen molar-refractivity contribution in [3.8, 4) is 0 Å². The number of rotatable bonds is 4. The maximum Gasteiger partial charge on any atom is 0.246 e. The molecule has 3 rings (SSSR count). The quantitative estimate of drug-likeness (QED) is 0.619. The van der Waals surface area contributed by atoms with Crippen LogP contribution in [0.4, 0.5) is 13.2 Å². The van der Waals surface area contributed by atoms with Crippen LogP contribution < -0.4 is 0 Å². The number of sulfonamides is 1. The molecule has 0 aliphatic carbocycles. The summed E-state index contributed by atoms with van der Waals surface area (Å²) in [5.74, 6) is -2.91. The molecule has 0 radical (unpaired) electrons. The van der Waals surface area contributed by atoms with Gasteiger partial charge in [0.15, 0.2) is 0 Å². The summed E-state index contributed by atoms with van der Waals surface area (Å²) in [6, 6.07) is 6.61. The number of halogens is 4. The number of carbonyl (C=O) groups excluding carboxylic acids is 1. The summed E-state index contributed by atoms with van der Waals surface area (Å²) in [5.41, 5.74) is 0.237. The van der Waals surface area contributed by atoms with Crippen LogP contribution in [0.3, 0.4) is 0 Å². The summed E-state index contributed by atoms with van der Waals surface area (Å²) < 4.78 is 67.5. The Labute approximate surface area is 174 Å². The summed E-state index contributed by atoms with van der Waals surface area (Å²) in [7, 11) is -4.14. The number of amides is 1. The molecule has 0 unspecified atom stereocenters. The van der Waals surface area contributed by atoms with E-state index in [2.05, 4.69) is 15.9 Å². The summed E-state index contributed by atoms with van der Waals surface area (Å²) in [6.07, 6.45) is 2.56. The molecule has 10 heteroatoms. The van der Waals surface area contributed by atoms with E-state index in [1.54, 1.807) is 0 Å². The van der Waals surface area contributed by atoms with Crippen LogP contribution in [-0.4, -0.2) is 49.7 Å². The van der Waals surface area contributed by atoms with E-state index in [0.717, 1.165) is 16.4 Å². The van der Waals surface area contributed by atoms with E-state index in [1.165, 1.54) is 35.3 Å². The Morgan fingerprint density at radius 1 is 0.966 bits per heavy atom. The zero-order valence-corrected chi connectivity index (χ0v) is 17.4. The van der Waals surface area contributed by atoms with E-state index in [-0.39, 0.29) is 31.7 Å². The first kappa shape index (κ1) is 21.5. The summed E-state index contributed by atoms with van der Waals surface area (Å²) >= 11 is 3.23. The van der Waals surface area contributed by atoms with Gasteiger partial charge < -0.3 is 4.90 Å². The SMILES string of the molecule is O=C(/C=C/c1cc(Br)ccc1F)N1CCN(S(=O)(=O)c2ccc(F)cc2F)CC1. The number of nitrogens with zero attached hydrogens (tertiary/aromatic N) is 2. The van der Waals surface area contributed by atoms with Gasteiger partial charge in [0.2, 0.25) is 15.9 Å². The first-order chi connectivity index (χ1) is 13.7. The van der Waals surface area contributed by atoms with Crippen LogP contribution in [-0.2, 0) is 14.8 Å². The third kappa shape index (κ3) is 4.88. The second-order valence-electron chi connectivity index (χ2n) is 6.30. The van der Waals surface area contributed by atoms with Gasteiger partial charge in [-0.3, -0.25) is 4.79 Å². The smallest absolute Gasteiger partial charge is 0.246 e. The molecule has 2 aromatic rings. The van der Waals surface area contributed by atoms with Gasteiger partial charge in [0, 0.05) is 48.4 Å². The van der Waals surface area contributed by atoms with Crippen molar-refractivity contribution in [2.75, 3.05) is 26.2 Å². The lowest BCUT2D eigenvalue weighted by Crippen LogP contribution is -2.50. The number of benzene rings is 2. The molecule has 1 amide bonds. The standard InChI is InChI=1S/C19H16BrF3N2O3S/c20-14-2-4-16(22)13(11-14)1-6-19(26)24-7-9-25(10-8-24)29(27,28)18-5-3-15(21)12-17(18)23/h1-6,11-12H,7-10H2/b6-1+. The van der Waals surface area contributed by atoms with E-state index in [0.29, 0.717) is 10.5 Å². The second-order valence-corrected chi connectivity index (χ2v) is 9.13. The molecule has 0 aromatic heterocycles. The highest BCUT2D eigenvalue weighted by atomic mass is 79.9. The molecule has 0 atom stereocenters. The average molecular weight is 489 g/mol. The lowest BCUT2D eigenvalue weighted by Gasteiger charge is -2.33. The molecule has 0 spiro atoms. The van der Waals surface area contributed by atoms with Crippen molar-refractivity contribution in [2.24, 2.45) is 0 Å². The largest absolute Gasteiger partial charge is 0.337 e. The normalized spacial score (nSPS) is 15.8. The molecule has 0 saturated carbocycles. The fourth-order valence-electron chi connectivity index (χ4n) is 2.88. The van der Waals surface area contributed by atoms with Crippen molar-refractivity contribution in [1.29, 1.82) is 0 Å². The molecule has 5 nitrogen and oxygen atoms in total. The van der Waals surface area contributed by atoms with Gasteiger partial charge in [0.05, 0.1) is 0 Å². The highest BCUT2D eigenvalue weighted by molar-refractivity contribution is 9.10. The van der Waals surface area contributed by atoms with Crippen LogP contribution in [0, 0.1) is 17.5 Å². The Balaban J connectivity index is 1.66. The molecule has 0 N–H and O–H groups in total. The van der Waals surface area contributed by atoms with Crippen molar-refractivity contribution in [3.63, 3.8) is 0 Å². The van der Waals surface area contributed by atoms with Crippen LogP contribution in [0.5, 0.6) is 0 Å². The maximum absolute atomic E-state index is 13.9. The van der Waals surface area contributed by atoms with Crippen LogP contribution in [0.25, 0.3) is 6.08 Å². The third-order valence-electron chi connectivity index (χ3n) is 4.43. The Morgan fingerprint density at radius 3 is 2.31 bits per heavy atom. The molecule has 29 heavy (non-hydrogen) atoms. The molecule has 1 saturated heterocycles. The summed E-state index contributed by atoms with van der Waals surface area (Å²) in [5, 5.41) is 0. The zero-order chi connectivity index (χ0) is 21.2. The van der Waals surface area contributed by atoms with E-state index in [4.69, 9.17) is 0 Å². The Kier molecular flexibility index (Phi) is 6.45. The Hall–Kier alpha value is -2.17. The Bertz CT molecular complexity index is 1070. The highest BCUT2D eigenvalue weighted by Gasteiger charge is 2.31. The minimum Gasteiger partial charge on any atom is -0.337 e. The number of piperazine rings is 1. The maximum atomic E-state index is 13.9. The van der Waals surface area contributed by atoms with Crippen molar-refractivity contribution >= 4 is 37.9 Å². The topological polar surface area (TPSA) is 57.7 Å². The van der Waals surface area contributed by atoms with Crippen molar-refractivity contribution in [2.45, 2.75) is 4.90 Å². The van der Waals surface area contributed by atoms with Crippen LogP contribution >= 0.6 is 15.9 Å². The summed E-state index contributed by atoms with van der Waals surface area (Å²) in [4.78, 5) is 13.1. The minimum atomic E-state index is -4.14. The lowest BCUT2D eigenvalue weighted by molar-refractivity contribution is -0.127. The predicted octanol–water partition coefficient (Wildman–Crippen LogP) is 3.41. The minimum absolute atomic E-state index is 0.0377. The first-order valence-electron chi connectivity index (χ1n) is 8.56. The number of hydrogen-bond acceptors (Lipinski definition) is 3. The van der Waals surface area contributed by atoms with Crippen molar-refractivity contribution in [3.05, 3.63) is 70.0 Å². The third-order valence-corrected chi connectivity index (χ3v) is 6.85. The Morgan fingerprint density at radius 2 is 1.66 bits per heavy atom. The molecule has 0 bridgehead atoms. The lowest BCUT2D eigenvalue weighted by atomic mass is 10.2. The number of hydrogen-bond donors (Lipinski definition) is 0. The average Bonchev–Trinajstić information content (AvgIpc) is 2.68. The van der Waals surface area contributed by atoms with Crippen LogP contribution in [0.2, 0.25) is 0 Å². The molecule has 1 aliphatic heterocycles.